The predicted octanol–water partition coefficient (Wildman–Crippen LogP) is 2.96. The first-order valence-corrected chi connectivity index (χ1v) is 9.36. The molecule has 1 amide bonds. The smallest absolute Gasteiger partial charge is 0.220 e. The van der Waals surface area contributed by atoms with Gasteiger partial charge in [-0.05, 0) is 76.5 Å². The zero-order valence-electron chi connectivity index (χ0n) is 15.5. The van der Waals surface area contributed by atoms with E-state index in [1.54, 1.807) is 6.07 Å². The van der Waals surface area contributed by atoms with E-state index in [9.17, 15) is 9.59 Å². The topological polar surface area (TPSA) is 58.6 Å². The Kier molecular flexibility index (Phi) is 7.92. The van der Waals surface area contributed by atoms with Crippen molar-refractivity contribution >= 4 is 11.7 Å². The molecule has 1 saturated heterocycles. The van der Waals surface area contributed by atoms with Crippen LogP contribution in [0.5, 0.6) is 5.75 Å². The second-order valence-electron chi connectivity index (χ2n) is 6.59. The molecule has 1 N–H and O–H groups in total. The van der Waals surface area contributed by atoms with Crippen molar-refractivity contribution in [1.82, 2.24) is 10.2 Å². The van der Waals surface area contributed by atoms with Gasteiger partial charge in [0.1, 0.15) is 5.75 Å². The number of aryl methyl sites for hydroxylation is 1. The van der Waals surface area contributed by atoms with Crippen molar-refractivity contribution in [3.63, 3.8) is 0 Å². The van der Waals surface area contributed by atoms with Crippen LogP contribution in [0.25, 0.3) is 0 Å². The third-order valence-corrected chi connectivity index (χ3v) is 4.55. The van der Waals surface area contributed by atoms with Gasteiger partial charge < -0.3 is 15.0 Å². The van der Waals surface area contributed by atoms with E-state index in [0.29, 0.717) is 18.7 Å². The molecule has 1 aromatic rings. The number of nitrogens with one attached hydrogen (secondary N) is 1. The molecule has 25 heavy (non-hydrogen) atoms. The summed E-state index contributed by atoms with van der Waals surface area (Å²) in [6.45, 7) is 8.56. The minimum absolute atomic E-state index is 0.00151. The fourth-order valence-electron chi connectivity index (χ4n) is 3.14. The van der Waals surface area contributed by atoms with Crippen LogP contribution in [0.15, 0.2) is 18.2 Å². The summed E-state index contributed by atoms with van der Waals surface area (Å²) in [5.74, 6) is 0.755. The Labute approximate surface area is 150 Å². The molecule has 138 valence electrons. The van der Waals surface area contributed by atoms with E-state index in [2.05, 4.69) is 10.2 Å². The number of hydrogen-bond donors (Lipinski definition) is 1. The first kappa shape index (κ1) is 19.4. The summed E-state index contributed by atoms with van der Waals surface area (Å²) in [5, 5.41) is 2.91. The molecule has 0 bridgehead atoms. The van der Waals surface area contributed by atoms with E-state index < -0.39 is 0 Å². The molecule has 0 atom stereocenters. The third-order valence-electron chi connectivity index (χ3n) is 4.55. The monoisotopic (exact) mass is 346 g/mol. The van der Waals surface area contributed by atoms with Crippen molar-refractivity contribution in [1.29, 1.82) is 0 Å². The highest BCUT2D eigenvalue weighted by molar-refractivity contribution is 5.98. The Bertz CT molecular complexity index is 580. The van der Waals surface area contributed by atoms with Gasteiger partial charge in [-0.1, -0.05) is 0 Å². The lowest BCUT2D eigenvalue weighted by Crippen LogP contribution is -2.28. The maximum atomic E-state index is 12.2. The molecule has 1 aliphatic heterocycles. The van der Waals surface area contributed by atoms with Crippen LogP contribution in [0.1, 0.15) is 54.9 Å². The zero-order valence-corrected chi connectivity index (χ0v) is 15.5. The van der Waals surface area contributed by atoms with Crippen LogP contribution in [0.3, 0.4) is 0 Å². The van der Waals surface area contributed by atoms with E-state index in [1.165, 1.54) is 25.9 Å². The molecule has 1 heterocycles. The van der Waals surface area contributed by atoms with Gasteiger partial charge in [0, 0.05) is 24.9 Å². The van der Waals surface area contributed by atoms with Gasteiger partial charge in [-0.15, -0.1) is 0 Å². The Morgan fingerprint density at radius 2 is 1.96 bits per heavy atom. The summed E-state index contributed by atoms with van der Waals surface area (Å²) >= 11 is 0. The van der Waals surface area contributed by atoms with E-state index in [4.69, 9.17) is 4.74 Å². The average molecular weight is 346 g/mol. The number of hydrogen-bond acceptors (Lipinski definition) is 4. The lowest BCUT2D eigenvalue weighted by Gasteiger charge is -2.14. The van der Waals surface area contributed by atoms with E-state index in [0.717, 1.165) is 24.3 Å². The number of carbonyl (C=O) groups excluding carboxylic acids is 2. The van der Waals surface area contributed by atoms with E-state index in [-0.39, 0.29) is 24.5 Å². The van der Waals surface area contributed by atoms with Gasteiger partial charge in [0.2, 0.25) is 5.91 Å². The number of ketones is 1. The molecular weight excluding hydrogens is 316 g/mol. The van der Waals surface area contributed by atoms with E-state index in [1.807, 2.05) is 26.0 Å². The number of carbonyl (C=O) groups is 2. The van der Waals surface area contributed by atoms with Crippen molar-refractivity contribution < 1.29 is 14.3 Å². The van der Waals surface area contributed by atoms with Crippen LogP contribution in [-0.2, 0) is 4.79 Å². The number of benzene rings is 1. The van der Waals surface area contributed by atoms with Gasteiger partial charge in [-0.2, -0.15) is 0 Å². The molecule has 1 fully saturated rings. The molecule has 0 unspecified atom stereocenters. The van der Waals surface area contributed by atoms with Gasteiger partial charge in [-0.3, -0.25) is 9.59 Å². The van der Waals surface area contributed by atoms with E-state index >= 15 is 0 Å². The molecule has 5 heteroatoms. The fourth-order valence-corrected chi connectivity index (χ4v) is 3.14. The average Bonchev–Trinajstić information content (AvgIpc) is 3.12. The van der Waals surface area contributed by atoms with Gasteiger partial charge in [0.15, 0.2) is 5.78 Å². The van der Waals surface area contributed by atoms with Crippen LogP contribution in [0.2, 0.25) is 0 Å². The first-order chi connectivity index (χ1) is 12.1. The molecule has 0 radical (unpaired) electrons. The molecule has 0 spiro atoms. The van der Waals surface area contributed by atoms with Crippen molar-refractivity contribution in [2.24, 2.45) is 0 Å². The normalized spacial score (nSPS) is 14.5. The SMILES string of the molecule is CCOc1ccc(C(=O)CCC(=O)NCCCN2CCCC2)cc1C. The zero-order chi connectivity index (χ0) is 18.1. The number of nitrogens with zero attached hydrogens (tertiary/aromatic N) is 1. The summed E-state index contributed by atoms with van der Waals surface area (Å²) < 4.78 is 5.48. The van der Waals surface area contributed by atoms with Crippen LogP contribution in [0.4, 0.5) is 0 Å². The predicted molar refractivity (Wildman–Crippen MR) is 99.2 cm³/mol. The number of Topliss-reactive ketones (excluding diaryl/α,β-unsaturated/α-hetero) is 1. The highest BCUT2D eigenvalue weighted by atomic mass is 16.5. The van der Waals surface area contributed by atoms with Crippen LogP contribution < -0.4 is 10.1 Å². The minimum Gasteiger partial charge on any atom is -0.494 e. The maximum absolute atomic E-state index is 12.2. The molecular formula is C20H30N2O3. The summed E-state index contributed by atoms with van der Waals surface area (Å²) in [4.78, 5) is 26.6. The Balaban J connectivity index is 1.66. The highest BCUT2D eigenvalue weighted by Crippen LogP contribution is 2.20. The molecule has 1 aliphatic rings. The summed E-state index contributed by atoms with van der Waals surface area (Å²) in [7, 11) is 0. The van der Waals surface area contributed by atoms with Gasteiger partial charge in [-0.25, -0.2) is 0 Å². The third kappa shape index (κ3) is 6.50. The lowest BCUT2D eigenvalue weighted by atomic mass is 10.0. The molecule has 0 saturated carbocycles. The van der Waals surface area contributed by atoms with Gasteiger partial charge in [0.25, 0.3) is 0 Å². The summed E-state index contributed by atoms with van der Waals surface area (Å²) in [6.07, 6.45) is 4.04. The van der Waals surface area contributed by atoms with Crippen molar-refractivity contribution in [3.8, 4) is 5.75 Å². The van der Waals surface area contributed by atoms with Crippen LogP contribution in [-0.4, -0.2) is 49.4 Å². The number of rotatable bonds is 10. The molecule has 0 aliphatic carbocycles. The van der Waals surface area contributed by atoms with Gasteiger partial charge >= 0.3 is 0 Å². The second kappa shape index (κ2) is 10.2. The quantitative estimate of drug-likeness (QED) is 0.523. The molecule has 0 aromatic heterocycles. The second-order valence-corrected chi connectivity index (χ2v) is 6.59. The summed E-state index contributed by atoms with van der Waals surface area (Å²) in [5.41, 5.74) is 1.59. The Hall–Kier alpha value is -1.88. The Morgan fingerprint density at radius 1 is 1.20 bits per heavy atom. The van der Waals surface area contributed by atoms with Crippen molar-refractivity contribution in [2.45, 2.75) is 46.0 Å². The maximum Gasteiger partial charge on any atom is 0.220 e. The number of ether oxygens (including phenoxy) is 1. The van der Waals surface area contributed by atoms with Crippen LogP contribution >= 0.6 is 0 Å². The molecule has 1 aromatic carbocycles. The van der Waals surface area contributed by atoms with Crippen molar-refractivity contribution in [2.75, 3.05) is 32.8 Å². The van der Waals surface area contributed by atoms with Crippen LogP contribution in [0, 0.1) is 6.92 Å². The van der Waals surface area contributed by atoms with Crippen molar-refractivity contribution in [3.05, 3.63) is 29.3 Å². The number of amides is 1. The molecule has 2 rings (SSSR count). The highest BCUT2D eigenvalue weighted by Gasteiger charge is 2.12. The first-order valence-electron chi connectivity index (χ1n) is 9.36. The summed E-state index contributed by atoms with van der Waals surface area (Å²) in [6, 6.07) is 5.43. The Morgan fingerprint density at radius 3 is 2.64 bits per heavy atom. The molecule has 5 nitrogen and oxygen atoms in total. The fraction of sp³-hybridized carbons (Fsp3) is 0.600. The largest absolute Gasteiger partial charge is 0.494 e. The standard InChI is InChI=1S/C20H30N2O3/c1-3-25-19-9-7-17(15-16(19)2)18(23)8-10-20(24)21-11-6-14-22-12-4-5-13-22/h7,9,15H,3-6,8,10-14H2,1-2H3,(H,21,24). The van der Waals surface area contributed by atoms with Gasteiger partial charge in [0.05, 0.1) is 6.61 Å². The number of likely N-dealkylation sites (tertiary alicyclic amines) is 1. The minimum atomic E-state index is -0.0440. The lowest BCUT2D eigenvalue weighted by molar-refractivity contribution is -0.121.